The molecule has 0 radical (unpaired) electrons. The van der Waals surface area contributed by atoms with E-state index >= 15 is 0 Å². The summed E-state index contributed by atoms with van der Waals surface area (Å²) in [6.07, 6.45) is 1.71. The van der Waals surface area contributed by atoms with Gasteiger partial charge in [0.05, 0.1) is 12.8 Å². The number of para-hydroxylation sites is 1. The Balaban J connectivity index is 1.68. The van der Waals surface area contributed by atoms with E-state index in [9.17, 15) is 0 Å². The van der Waals surface area contributed by atoms with Crippen molar-refractivity contribution < 1.29 is 4.42 Å². The predicted molar refractivity (Wildman–Crippen MR) is 70.0 cm³/mol. The predicted octanol–water partition coefficient (Wildman–Crippen LogP) is 2.82. The van der Waals surface area contributed by atoms with E-state index in [1.807, 2.05) is 30.3 Å². The molecule has 2 aromatic rings. The molecule has 0 amide bonds. The molecule has 0 aliphatic carbocycles. The Kier molecular flexibility index (Phi) is 4.22. The Morgan fingerprint density at radius 2 is 1.94 bits per heavy atom. The number of nitrogens with zero attached hydrogens (tertiary/aromatic N) is 1. The lowest BCUT2D eigenvalue weighted by molar-refractivity contribution is 0.305. The molecule has 0 saturated carbocycles. The van der Waals surface area contributed by atoms with Crippen LogP contribution in [0.2, 0.25) is 0 Å². The number of furan rings is 1. The van der Waals surface area contributed by atoms with Crippen LogP contribution in [0.4, 0.5) is 5.69 Å². The molecular formula is C14H18N2O. The maximum absolute atomic E-state index is 5.31. The molecule has 0 aliphatic heterocycles. The van der Waals surface area contributed by atoms with Crippen LogP contribution in [0, 0.1) is 0 Å². The number of rotatable bonds is 6. The normalized spacial score (nSPS) is 10.7. The molecule has 17 heavy (non-hydrogen) atoms. The minimum absolute atomic E-state index is 0.851. The SMILES string of the molecule is CN(CCNc1ccccc1)Cc1ccco1. The second kappa shape index (κ2) is 6.11. The molecule has 1 aromatic heterocycles. The fourth-order valence-electron chi connectivity index (χ4n) is 1.69. The van der Waals surface area contributed by atoms with Gasteiger partial charge in [-0.05, 0) is 31.3 Å². The zero-order valence-electron chi connectivity index (χ0n) is 10.1. The Morgan fingerprint density at radius 3 is 2.65 bits per heavy atom. The van der Waals surface area contributed by atoms with Crippen LogP contribution < -0.4 is 5.32 Å². The lowest BCUT2D eigenvalue weighted by atomic mass is 10.3. The summed E-state index contributed by atoms with van der Waals surface area (Å²) in [5, 5.41) is 3.38. The molecule has 0 spiro atoms. The molecule has 0 aliphatic rings. The summed E-state index contributed by atoms with van der Waals surface area (Å²) < 4.78 is 5.31. The third-order valence-corrected chi connectivity index (χ3v) is 2.60. The lowest BCUT2D eigenvalue weighted by Gasteiger charge is -2.15. The van der Waals surface area contributed by atoms with E-state index in [0.29, 0.717) is 0 Å². The fourth-order valence-corrected chi connectivity index (χ4v) is 1.69. The molecule has 0 atom stereocenters. The number of nitrogens with one attached hydrogen (secondary N) is 1. The van der Waals surface area contributed by atoms with Crippen molar-refractivity contribution in [3.8, 4) is 0 Å². The number of likely N-dealkylation sites (N-methyl/N-ethyl adjacent to an activating group) is 1. The molecule has 0 unspecified atom stereocenters. The summed E-state index contributed by atoms with van der Waals surface area (Å²) in [5.74, 6) is 1.01. The topological polar surface area (TPSA) is 28.4 Å². The smallest absolute Gasteiger partial charge is 0.117 e. The van der Waals surface area contributed by atoms with Crippen LogP contribution in [0.3, 0.4) is 0 Å². The van der Waals surface area contributed by atoms with Crippen LogP contribution in [0.5, 0.6) is 0 Å². The van der Waals surface area contributed by atoms with E-state index < -0.39 is 0 Å². The molecule has 0 fully saturated rings. The molecule has 1 N–H and O–H groups in total. The first-order valence-electron chi connectivity index (χ1n) is 5.84. The molecule has 90 valence electrons. The third kappa shape index (κ3) is 3.96. The number of hydrogen-bond acceptors (Lipinski definition) is 3. The van der Waals surface area contributed by atoms with Crippen LogP contribution >= 0.6 is 0 Å². The minimum Gasteiger partial charge on any atom is -0.468 e. The first-order chi connectivity index (χ1) is 8.34. The summed E-state index contributed by atoms with van der Waals surface area (Å²) in [6.45, 7) is 2.76. The second-order valence-electron chi connectivity index (χ2n) is 4.11. The van der Waals surface area contributed by atoms with E-state index in [-0.39, 0.29) is 0 Å². The van der Waals surface area contributed by atoms with Crippen LogP contribution in [0.15, 0.2) is 53.1 Å². The largest absolute Gasteiger partial charge is 0.468 e. The van der Waals surface area contributed by atoms with Gasteiger partial charge in [-0.2, -0.15) is 0 Å². The summed E-state index contributed by atoms with van der Waals surface area (Å²) >= 11 is 0. The third-order valence-electron chi connectivity index (χ3n) is 2.60. The Hall–Kier alpha value is -1.74. The molecule has 1 aromatic carbocycles. The molecule has 3 heteroatoms. The van der Waals surface area contributed by atoms with E-state index in [4.69, 9.17) is 4.42 Å². The highest BCUT2D eigenvalue weighted by molar-refractivity contribution is 5.42. The van der Waals surface area contributed by atoms with Crippen molar-refractivity contribution in [3.63, 3.8) is 0 Å². The standard InChI is InChI=1S/C14H18N2O/c1-16(12-14-8-5-11-17-14)10-9-15-13-6-3-2-4-7-13/h2-8,11,15H,9-10,12H2,1H3. The highest BCUT2D eigenvalue weighted by Crippen LogP contribution is 2.05. The Bertz CT molecular complexity index is 411. The van der Waals surface area contributed by atoms with Gasteiger partial charge in [0.15, 0.2) is 0 Å². The van der Waals surface area contributed by atoms with Crippen molar-refractivity contribution in [3.05, 3.63) is 54.5 Å². The number of anilines is 1. The van der Waals surface area contributed by atoms with E-state index in [1.54, 1.807) is 6.26 Å². The zero-order chi connectivity index (χ0) is 11.9. The summed E-state index contributed by atoms with van der Waals surface area (Å²) in [6, 6.07) is 14.2. The van der Waals surface area contributed by atoms with Gasteiger partial charge < -0.3 is 9.73 Å². The average molecular weight is 230 g/mol. The van der Waals surface area contributed by atoms with Crippen molar-refractivity contribution in [1.82, 2.24) is 4.90 Å². The van der Waals surface area contributed by atoms with Crippen LogP contribution in [-0.2, 0) is 6.54 Å². The molecule has 0 saturated heterocycles. The van der Waals surface area contributed by atoms with Crippen LogP contribution in [0.1, 0.15) is 5.76 Å². The number of benzene rings is 1. The zero-order valence-corrected chi connectivity index (χ0v) is 10.1. The van der Waals surface area contributed by atoms with Gasteiger partial charge in [0.1, 0.15) is 5.76 Å². The number of hydrogen-bond donors (Lipinski definition) is 1. The van der Waals surface area contributed by atoms with Crippen LogP contribution in [0.25, 0.3) is 0 Å². The molecule has 2 rings (SSSR count). The van der Waals surface area contributed by atoms with E-state index in [1.165, 1.54) is 5.69 Å². The maximum Gasteiger partial charge on any atom is 0.117 e. The van der Waals surface area contributed by atoms with Gasteiger partial charge in [-0.25, -0.2) is 0 Å². The molecular weight excluding hydrogens is 212 g/mol. The summed E-state index contributed by atoms with van der Waals surface area (Å²) in [4.78, 5) is 2.23. The van der Waals surface area contributed by atoms with Crippen molar-refractivity contribution in [1.29, 1.82) is 0 Å². The molecule has 0 bridgehead atoms. The first-order valence-corrected chi connectivity index (χ1v) is 5.84. The monoisotopic (exact) mass is 230 g/mol. The van der Waals surface area contributed by atoms with Crippen molar-refractivity contribution in [2.75, 3.05) is 25.5 Å². The minimum atomic E-state index is 0.851. The molecule has 1 heterocycles. The highest BCUT2D eigenvalue weighted by atomic mass is 16.3. The maximum atomic E-state index is 5.31. The van der Waals surface area contributed by atoms with Crippen molar-refractivity contribution >= 4 is 5.69 Å². The van der Waals surface area contributed by atoms with Gasteiger partial charge in [0, 0.05) is 18.8 Å². The summed E-state index contributed by atoms with van der Waals surface area (Å²) in [5.41, 5.74) is 1.17. The highest BCUT2D eigenvalue weighted by Gasteiger charge is 2.01. The summed E-state index contributed by atoms with van der Waals surface area (Å²) in [7, 11) is 2.09. The lowest BCUT2D eigenvalue weighted by Crippen LogP contribution is -2.24. The van der Waals surface area contributed by atoms with Gasteiger partial charge in [-0.3, -0.25) is 4.90 Å². The van der Waals surface area contributed by atoms with E-state index in [0.717, 1.165) is 25.4 Å². The Labute approximate surface area is 102 Å². The van der Waals surface area contributed by atoms with E-state index in [2.05, 4.69) is 29.4 Å². The van der Waals surface area contributed by atoms with Gasteiger partial charge >= 0.3 is 0 Å². The van der Waals surface area contributed by atoms with Gasteiger partial charge in [0.25, 0.3) is 0 Å². The van der Waals surface area contributed by atoms with Crippen molar-refractivity contribution in [2.24, 2.45) is 0 Å². The van der Waals surface area contributed by atoms with Gasteiger partial charge in [-0.15, -0.1) is 0 Å². The second-order valence-corrected chi connectivity index (χ2v) is 4.11. The molecule has 3 nitrogen and oxygen atoms in total. The average Bonchev–Trinajstić information content (AvgIpc) is 2.83. The van der Waals surface area contributed by atoms with Gasteiger partial charge in [-0.1, -0.05) is 18.2 Å². The quantitative estimate of drug-likeness (QED) is 0.827. The first kappa shape index (κ1) is 11.7. The van der Waals surface area contributed by atoms with Crippen LogP contribution in [-0.4, -0.2) is 25.0 Å². The van der Waals surface area contributed by atoms with Crippen molar-refractivity contribution in [2.45, 2.75) is 6.54 Å². The fraction of sp³-hybridized carbons (Fsp3) is 0.286. The Morgan fingerprint density at radius 1 is 1.12 bits per heavy atom. The van der Waals surface area contributed by atoms with Gasteiger partial charge in [0.2, 0.25) is 0 Å².